The molecule has 2 saturated carbocycles. The predicted octanol–water partition coefficient (Wildman–Crippen LogP) is 0.551. The minimum absolute atomic E-state index is 0.0221. The van der Waals surface area contributed by atoms with Crippen LogP contribution in [0.2, 0.25) is 0 Å². The second-order valence-corrected chi connectivity index (χ2v) is 6.28. The van der Waals surface area contributed by atoms with Crippen molar-refractivity contribution in [3.63, 3.8) is 0 Å². The van der Waals surface area contributed by atoms with Gasteiger partial charge in [0.15, 0.2) is 0 Å². The van der Waals surface area contributed by atoms with Crippen molar-refractivity contribution in [3.8, 4) is 0 Å². The Hall–Kier alpha value is -1.79. The van der Waals surface area contributed by atoms with Gasteiger partial charge in [-0.05, 0) is 31.1 Å². The normalized spacial score (nSPS) is 19.3. The molecule has 0 saturated heterocycles. The lowest BCUT2D eigenvalue weighted by Crippen LogP contribution is -2.49. The number of amides is 3. The molecule has 2 aliphatic carbocycles. The van der Waals surface area contributed by atoms with E-state index in [1.807, 2.05) is 0 Å². The maximum atomic E-state index is 11.9. The average molecular weight is 297 g/mol. The van der Waals surface area contributed by atoms with Crippen molar-refractivity contribution in [2.45, 2.75) is 44.6 Å². The first-order valence-electron chi connectivity index (χ1n) is 7.40. The van der Waals surface area contributed by atoms with E-state index in [0.29, 0.717) is 6.54 Å². The monoisotopic (exact) mass is 297 g/mol. The summed E-state index contributed by atoms with van der Waals surface area (Å²) in [6.07, 6.45) is 4.76. The maximum Gasteiger partial charge on any atom is 0.317 e. The zero-order chi connectivity index (χ0) is 15.5. The van der Waals surface area contributed by atoms with Crippen molar-refractivity contribution >= 4 is 17.9 Å². The highest BCUT2D eigenvalue weighted by atomic mass is 16.4. The molecule has 0 atom stereocenters. The molecule has 2 aliphatic rings. The quantitative estimate of drug-likeness (QED) is 0.639. The molecule has 2 fully saturated rings. The van der Waals surface area contributed by atoms with Crippen molar-refractivity contribution in [1.82, 2.24) is 15.5 Å². The van der Waals surface area contributed by atoms with Crippen LogP contribution in [0.4, 0.5) is 4.79 Å². The zero-order valence-corrected chi connectivity index (χ0v) is 12.4. The number of carboxylic acids is 1. The molecule has 3 amide bonds. The SMILES string of the molecule is CN(CC(=O)NC1CC1)C(=O)NCC1(CC(=O)O)CCC1. The number of nitrogens with one attached hydrogen (secondary N) is 2. The predicted molar refractivity (Wildman–Crippen MR) is 75.7 cm³/mol. The standard InChI is InChI=1S/C14H23N3O4/c1-17(8-11(18)16-10-3-4-10)13(21)15-9-14(5-2-6-14)7-12(19)20/h10H,2-9H2,1H3,(H,15,21)(H,16,18)(H,19,20). The van der Waals surface area contributed by atoms with E-state index in [9.17, 15) is 14.4 Å². The van der Waals surface area contributed by atoms with Gasteiger partial charge in [-0.3, -0.25) is 9.59 Å². The summed E-state index contributed by atoms with van der Waals surface area (Å²) < 4.78 is 0. The fourth-order valence-electron chi connectivity index (χ4n) is 2.60. The van der Waals surface area contributed by atoms with Gasteiger partial charge in [0.05, 0.1) is 6.42 Å². The highest BCUT2D eigenvalue weighted by Crippen LogP contribution is 2.43. The Kier molecular flexibility index (Phi) is 4.69. The van der Waals surface area contributed by atoms with Gasteiger partial charge in [0.1, 0.15) is 6.54 Å². The molecule has 0 heterocycles. The number of aliphatic carboxylic acids is 1. The Bertz CT molecular complexity index is 430. The molecule has 0 aromatic heterocycles. The molecule has 0 unspecified atom stereocenters. The molecule has 2 rings (SSSR count). The first kappa shape index (κ1) is 15.6. The smallest absolute Gasteiger partial charge is 0.317 e. The van der Waals surface area contributed by atoms with E-state index in [0.717, 1.165) is 32.1 Å². The molecule has 0 aromatic carbocycles. The number of urea groups is 1. The Labute approximate surface area is 124 Å². The van der Waals surface area contributed by atoms with E-state index in [-0.39, 0.29) is 36.4 Å². The van der Waals surface area contributed by atoms with Gasteiger partial charge in [0, 0.05) is 19.6 Å². The largest absolute Gasteiger partial charge is 0.481 e. The molecule has 21 heavy (non-hydrogen) atoms. The number of carboxylic acid groups (broad SMARTS) is 1. The van der Waals surface area contributed by atoms with Gasteiger partial charge < -0.3 is 20.6 Å². The van der Waals surface area contributed by atoms with Crippen molar-refractivity contribution in [2.75, 3.05) is 20.1 Å². The molecule has 7 nitrogen and oxygen atoms in total. The molecule has 0 aliphatic heterocycles. The van der Waals surface area contributed by atoms with E-state index in [2.05, 4.69) is 10.6 Å². The van der Waals surface area contributed by atoms with E-state index in [1.165, 1.54) is 4.90 Å². The topological polar surface area (TPSA) is 98.7 Å². The second kappa shape index (κ2) is 6.32. The third kappa shape index (κ3) is 4.61. The summed E-state index contributed by atoms with van der Waals surface area (Å²) in [6.45, 7) is 0.376. The van der Waals surface area contributed by atoms with Crippen LogP contribution in [-0.2, 0) is 9.59 Å². The Morgan fingerprint density at radius 2 is 1.95 bits per heavy atom. The van der Waals surface area contributed by atoms with Crippen molar-refractivity contribution in [3.05, 3.63) is 0 Å². The van der Waals surface area contributed by atoms with Crippen LogP contribution in [0.1, 0.15) is 38.5 Å². The first-order chi connectivity index (χ1) is 9.90. The van der Waals surface area contributed by atoms with Crippen LogP contribution in [-0.4, -0.2) is 54.1 Å². The zero-order valence-electron chi connectivity index (χ0n) is 12.4. The fourth-order valence-corrected chi connectivity index (χ4v) is 2.60. The number of hydrogen-bond donors (Lipinski definition) is 3. The van der Waals surface area contributed by atoms with Gasteiger partial charge in [-0.25, -0.2) is 4.79 Å². The lowest BCUT2D eigenvalue weighted by Gasteiger charge is -2.41. The van der Waals surface area contributed by atoms with Crippen LogP contribution in [0.5, 0.6) is 0 Å². The second-order valence-electron chi connectivity index (χ2n) is 6.28. The fraction of sp³-hybridized carbons (Fsp3) is 0.786. The maximum absolute atomic E-state index is 11.9. The summed E-state index contributed by atoms with van der Waals surface area (Å²) in [4.78, 5) is 35.7. The third-order valence-electron chi connectivity index (χ3n) is 4.22. The molecule has 0 aromatic rings. The number of carbonyl (C=O) groups excluding carboxylic acids is 2. The van der Waals surface area contributed by atoms with Crippen LogP contribution in [0.15, 0.2) is 0 Å². The summed E-state index contributed by atoms with van der Waals surface area (Å²) in [7, 11) is 1.56. The van der Waals surface area contributed by atoms with Crippen molar-refractivity contribution in [2.24, 2.45) is 5.41 Å². The molecular weight excluding hydrogens is 274 g/mol. The van der Waals surface area contributed by atoms with Gasteiger partial charge >= 0.3 is 12.0 Å². The Balaban J connectivity index is 1.72. The van der Waals surface area contributed by atoms with Crippen LogP contribution in [0.3, 0.4) is 0 Å². The number of hydrogen-bond acceptors (Lipinski definition) is 3. The van der Waals surface area contributed by atoms with Gasteiger partial charge in [0.2, 0.25) is 5.91 Å². The number of nitrogens with zero attached hydrogens (tertiary/aromatic N) is 1. The summed E-state index contributed by atoms with van der Waals surface area (Å²) >= 11 is 0. The molecule has 7 heteroatoms. The van der Waals surface area contributed by atoms with Gasteiger partial charge in [-0.1, -0.05) is 6.42 Å². The summed E-state index contributed by atoms with van der Waals surface area (Å²) in [5.41, 5.74) is -0.307. The van der Waals surface area contributed by atoms with Crippen LogP contribution >= 0.6 is 0 Å². The highest BCUT2D eigenvalue weighted by molar-refractivity contribution is 5.84. The van der Waals surface area contributed by atoms with Gasteiger partial charge in [-0.2, -0.15) is 0 Å². The lowest BCUT2D eigenvalue weighted by atomic mass is 9.66. The Morgan fingerprint density at radius 1 is 1.29 bits per heavy atom. The van der Waals surface area contributed by atoms with E-state index in [1.54, 1.807) is 7.05 Å². The molecule has 118 valence electrons. The molecule has 0 bridgehead atoms. The molecular formula is C14H23N3O4. The summed E-state index contributed by atoms with van der Waals surface area (Å²) in [5, 5.41) is 14.5. The van der Waals surface area contributed by atoms with Gasteiger partial charge in [0.25, 0.3) is 0 Å². The van der Waals surface area contributed by atoms with E-state index in [4.69, 9.17) is 5.11 Å². The van der Waals surface area contributed by atoms with E-state index >= 15 is 0 Å². The van der Waals surface area contributed by atoms with Gasteiger partial charge in [-0.15, -0.1) is 0 Å². The number of carbonyl (C=O) groups is 3. The van der Waals surface area contributed by atoms with Crippen LogP contribution in [0.25, 0.3) is 0 Å². The minimum atomic E-state index is -0.832. The lowest BCUT2D eigenvalue weighted by molar-refractivity contribution is -0.141. The minimum Gasteiger partial charge on any atom is -0.481 e. The molecule has 0 spiro atoms. The van der Waals surface area contributed by atoms with Crippen LogP contribution in [0, 0.1) is 5.41 Å². The Morgan fingerprint density at radius 3 is 2.43 bits per heavy atom. The highest BCUT2D eigenvalue weighted by Gasteiger charge is 2.39. The van der Waals surface area contributed by atoms with Crippen LogP contribution < -0.4 is 10.6 Å². The number of rotatable bonds is 7. The number of likely N-dealkylation sites (N-methyl/N-ethyl adjacent to an activating group) is 1. The molecule has 3 N–H and O–H groups in total. The summed E-state index contributed by atoms with van der Waals surface area (Å²) in [5.74, 6) is -0.986. The molecule has 0 radical (unpaired) electrons. The van der Waals surface area contributed by atoms with Crippen molar-refractivity contribution in [1.29, 1.82) is 0 Å². The van der Waals surface area contributed by atoms with E-state index < -0.39 is 5.97 Å². The average Bonchev–Trinajstić information content (AvgIpc) is 3.15. The third-order valence-corrected chi connectivity index (χ3v) is 4.22. The first-order valence-corrected chi connectivity index (χ1v) is 7.40. The van der Waals surface area contributed by atoms with Crippen molar-refractivity contribution < 1.29 is 19.5 Å². The summed E-state index contributed by atoms with van der Waals surface area (Å²) in [6, 6.07) is -0.0552.